The van der Waals surface area contributed by atoms with E-state index in [1.165, 1.54) is 7.11 Å². The van der Waals surface area contributed by atoms with Gasteiger partial charge in [-0.15, -0.1) is 0 Å². The molecule has 0 aliphatic heterocycles. The first-order valence-corrected chi connectivity index (χ1v) is 3.69. The lowest BCUT2D eigenvalue weighted by atomic mass is 10.2. The van der Waals surface area contributed by atoms with Gasteiger partial charge in [0.15, 0.2) is 0 Å². The number of carbonyl (C=O) groups excluding carboxylic acids is 1. The van der Waals surface area contributed by atoms with Crippen molar-refractivity contribution in [2.45, 2.75) is 0 Å². The van der Waals surface area contributed by atoms with E-state index in [1.807, 2.05) is 0 Å². The number of aromatic amines is 1. The fraction of sp³-hybridized carbons (Fsp3) is 0.125. The molecule has 0 spiro atoms. The summed E-state index contributed by atoms with van der Waals surface area (Å²) in [5.41, 5.74) is 1.71. The predicted octanol–water partition coefficient (Wildman–Crippen LogP) is 0.744. The minimum atomic E-state index is -0.392. The van der Waals surface area contributed by atoms with Crippen LogP contribution in [0.4, 0.5) is 0 Å². The summed E-state index contributed by atoms with van der Waals surface area (Å²) in [6.07, 6.45) is 3.10. The molecule has 66 valence electrons. The van der Waals surface area contributed by atoms with Crippen LogP contribution in [0.25, 0.3) is 11.0 Å². The molecule has 2 rings (SSSR count). The molecule has 0 saturated carbocycles. The van der Waals surface area contributed by atoms with Crippen molar-refractivity contribution in [1.82, 2.24) is 15.2 Å². The third-order valence-corrected chi connectivity index (χ3v) is 1.75. The summed E-state index contributed by atoms with van der Waals surface area (Å²) in [6, 6.07) is 1.59. The third kappa shape index (κ3) is 1.14. The van der Waals surface area contributed by atoms with E-state index in [0.29, 0.717) is 16.6 Å². The van der Waals surface area contributed by atoms with Gasteiger partial charge in [-0.25, -0.2) is 4.79 Å². The van der Waals surface area contributed by atoms with Gasteiger partial charge in [0.05, 0.1) is 24.4 Å². The Bertz CT molecular complexity index is 449. The summed E-state index contributed by atoms with van der Waals surface area (Å²) in [4.78, 5) is 15.2. The predicted molar refractivity (Wildman–Crippen MR) is 45.2 cm³/mol. The Hall–Kier alpha value is -1.91. The van der Waals surface area contributed by atoms with Gasteiger partial charge in [0.25, 0.3) is 0 Å². The van der Waals surface area contributed by atoms with Gasteiger partial charge < -0.3 is 4.74 Å². The molecule has 5 nitrogen and oxygen atoms in total. The second-order valence-electron chi connectivity index (χ2n) is 2.48. The SMILES string of the molecule is COC(=O)c1ccnc2cn[nH]c12. The van der Waals surface area contributed by atoms with Crippen molar-refractivity contribution >= 4 is 17.0 Å². The van der Waals surface area contributed by atoms with Crippen molar-refractivity contribution in [3.05, 3.63) is 24.0 Å². The number of nitrogens with zero attached hydrogens (tertiary/aromatic N) is 2. The van der Waals surface area contributed by atoms with E-state index in [9.17, 15) is 4.79 Å². The molecule has 0 aliphatic carbocycles. The zero-order valence-corrected chi connectivity index (χ0v) is 6.94. The summed E-state index contributed by atoms with van der Waals surface area (Å²) in [6.45, 7) is 0. The average molecular weight is 177 g/mol. The smallest absolute Gasteiger partial charge is 0.340 e. The maximum atomic E-state index is 11.2. The Morgan fingerprint density at radius 3 is 3.23 bits per heavy atom. The zero-order chi connectivity index (χ0) is 9.26. The molecule has 0 radical (unpaired) electrons. The summed E-state index contributed by atoms with van der Waals surface area (Å²) in [5.74, 6) is -0.392. The number of hydrogen-bond acceptors (Lipinski definition) is 4. The Balaban J connectivity index is 2.67. The molecule has 5 heteroatoms. The highest BCUT2D eigenvalue weighted by molar-refractivity contribution is 6.01. The molecule has 0 bridgehead atoms. The van der Waals surface area contributed by atoms with E-state index in [0.717, 1.165) is 0 Å². The van der Waals surface area contributed by atoms with Crippen LogP contribution in [0.1, 0.15) is 10.4 Å². The highest BCUT2D eigenvalue weighted by Gasteiger charge is 2.11. The first-order chi connectivity index (χ1) is 6.33. The molecule has 2 heterocycles. The summed E-state index contributed by atoms with van der Waals surface area (Å²) >= 11 is 0. The standard InChI is InChI=1S/C8H7N3O2/c1-13-8(12)5-2-3-9-6-4-10-11-7(5)6/h2-4H,1H3,(H,10,11). The molecule has 0 atom stereocenters. The summed E-state index contributed by atoms with van der Waals surface area (Å²) < 4.78 is 4.60. The Morgan fingerprint density at radius 2 is 2.46 bits per heavy atom. The van der Waals surface area contributed by atoms with Gasteiger partial charge in [-0.05, 0) is 6.07 Å². The third-order valence-electron chi connectivity index (χ3n) is 1.75. The average Bonchev–Trinajstić information content (AvgIpc) is 2.63. The molecule has 2 aromatic rings. The fourth-order valence-electron chi connectivity index (χ4n) is 1.13. The molecule has 13 heavy (non-hydrogen) atoms. The van der Waals surface area contributed by atoms with Gasteiger partial charge in [-0.3, -0.25) is 10.1 Å². The minimum Gasteiger partial charge on any atom is -0.465 e. The number of fused-ring (bicyclic) bond motifs is 1. The van der Waals surface area contributed by atoms with E-state index in [2.05, 4.69) is 19.9 Å². The van der Waals surface area contributed by atoms with E-state index in [1.54, 1.807) is 18.5 Å². The van der Waals surface area contributed by atoms with Crippen LogP contribution < -0.4 is 0 Å². The summed E-state index contributed by atoms with van der Waals surface area (Å²) in [5, 5.41) is 6.47. The van der Waals surface area contributed by atoms with Crippen LogP contribution in [0, 0.1) is 0 Å². The molecular formula is C8H7N3O2. The quantitative estimate of drug-likeness (QED) is 0.652. The molecule has 0 saturated heterocycles. The van der Waals surface area contributed by atoms with E-state index >= 15 is 0 Å². The second kappa shape index (κ2) is 2.85. The van der Waals surface area contributed by atoms with Crippen LogP contribution in [0.2, 0.25) is 0 Å². The summed E-state index contributed by atoms with van der Waals surface area (Å²) in [7, 11) is 1.34. The van der Waals surface area contributed by atoms with Gasteiger partial charge in [-0.2, -0.15) is 5.10 Å². The van der Waals surface area contributed by atoms with Gasteiger partial charge in [0.1, 0.15) is 5.52 Å². The van der Waals surface area contributed by atoms with E-state index in [4.69, 9.17) is 0 Å². The minimum absolute atomic E-state index is 0.392. The maximum absolute atomic E-state index is 11.2. The second-order valence-corrected chi connectivity index (χ2v) is 2.48. The normalized spacial score (nSPS) is 10.2. The van der Waals surface area contributed by atoms with Crippen molar-refractivity contribution in [2.24, 2.45) is 0 Å². The molecule has 0 aromatic carbocycles. The number of hydrogen-bond donors (Lipinski definition) is 1. The number of pyridine rings is 1. The van der Waals surface area contributed by atoms with Crippen LogP contribution >= 0.6 is 0 Å². The number of ether oxygens (including phenoxy) is 1. The van der Waals surface area contributed by atoms with Crippen molar-refractivity contribution in [2.75, 3.05) is 7.11 Å². The molecule has 1 N–H and O–H groups in total. The molecule has 0 amide bonds. The lowest BCUT2D eigenvalue weighted by molar-refractivity contribution is 0.0602. The molecule has 0 aliphatic rings. The highest BCUT2D eigenvalue weighted by atomic mass is 16.5. The van der Waals surface area contributed by atoms with Gasteiger partial charge in [0, 0.05) is 6.20 Å². The first-order valence-electron chi connectivity index (χ1n) is 3.69. The van der Waals surface area contributed by atoms with E-state index < -0.39 is 5.97 Å². The fourth-order valence-corrected chi connectivity index (χ4v) is 1.13. The monoisotopic (exact) mass is 177 g/mol. The number of carbonyl (C=O) groups is 1. The highest BCUT2D eigenvalue weighted by Crippen LogP contribution is 2.13. The lowest BCUT2D eigenvalue weighted by Crippen LogP contribution is -2.02. The van der Waals surface area contributed by atoms with Crippen molar-refractivity contribution in [1.29, 1.82) is 0 Å². The van der Waals surface area contributed by atoms with Crippen molar-refractivity contribution in [3.8, 4) is 0 Å². The number of methoxy groups -OCH3 is 1. The van der Waals surface area contributed by atoms with Gasteiger partial charge >= 0.3 is 5.97 Å². The molecule has 2 aromatic heterocycles. The number of aromatic nitrogens is 3. The molecular weight excluding hydrogens is 170 g/mol. The Labute approximate surface area is 73.7 Å². The van der Waals surface area contributed by atoms with E-state index in [-0.39, 0.29) is 0 Å². The Morgan fingerprint density at radius 1 is 1.62 bits per heavy atom. The van der Waals surface area contributed by atoms with Crippen LogP contribution in [-0.2, 0) is 4.74 Å². The van der Waals surface area contributed by atoms with Gasteiger partial charge in [-0.1, -0.05) is 0 Å². The lowest BCUT2D eigenvalue weighted by Gasteiger charge is -1.98. The number of nitrogens with one attached hydrogen (secondary N) is 1. The van der Waals surface area contributed by atoms with Gasteiger partial charge in [0.2, 0.25) is 0 Å². The topological polar surface area (TPSA) is 67.9 Å². The van der Waals surface area contributed by atoms with Crippen molar-refractivity contribution in [3.63, 3.8) is 0 Å². The molecule has 0 fully saturated rings. The van der Waals surface area contributed by atoms with Crippen LogP contribution in [0.5, 0.6) is 0 Å². The molecule has 0 unspecified atom stereocenters. The maximum Gasteiger partial charge on any atom is 0.340 e. The first kappa shape index (κ1) is 7.72. The zero-order valence-electron chi connectivity index (χ0n) is 6.94. The number of esters is 1. The van der Waals surface area contributed by atoms with Crippen molar-refractivity contribution < 1.29 is 9.53 Å². The Kier molecular flexibility index (Phi) is 1.70. The van der Waals surface area contributed by atoms with Crippen LogP contribution in [0.15, 0.2) is 18.5 Å². The number of H-pyrrole nitrogens is 1. The van der Waals surface area contributed by atoms with Crippen LogP contribution in [0.3, 0.4) is 0 Å². The number of rotatable bonds is 1. The van der Waals surface area contributed by atoms with Crippen LogP contribution in [-0.4, -0.2) is 28.3 Å². The largest absolute Gasteiger partial charge is 0.465 e.